The number of hydrogen-bond acceptors (Lipinski definition) is 18. The van der Waals surface area contributed by atoms with Crippen molar-refractivity contribution >= 4 is 163 Å². The molecule has 17 rings (SSSR count). The molecule has 0 aliphatic carbocycles. The number of likely N-dealkylation sites (tertiary alicyclic amines) is 4. The number of fused-ring (bicyclic) bond motifs is 5. The van der Waals surface area contributed by atoms with Crippen LogP contribution in [0, 0.1) is 5.41 Å². The van der Waals surface area contributed by atoms with Crippen LogP contribution in [0.5, 0.6) is 0 Å². The van der Waals surface area contributed by atoms with Crippen LogP contribution < -0.4 is 41.3 Å². The van der Waals surface area contributed by atoms with E-state index in [-0.39, 0.29) is 44.1 Å². The number of aryl methyl sites for hydroxylation is 5. The van der Waals surface area contributed by atoms with Gasteiger partial charge in [-0.1, -0.05) is 67.3 Å². The first-order valence-corrected chi connectivity index (χ1v) is 45.1. The number of nitrogens with zero attached hydrogens (tertiary/aromatic N) is 10. The van der Waals surface area contributed by atoms with E-state index >= 15 is 0 Å². The van der Waals surface area contributed by atoms with Gasteiger partial charge in [0.05, 0.1) is 15.4 Å². The fraction of sp³-hybridized carbons (Fsp3) is 0.529. The summed E-state index contributed by atoms with van der Waals surface area (Å²) in [6.45, 7) is 24.7. The van der Waals surface area contributed by atoms with Gasteiger partial charge in [-0.25, -0.2) is 9.79 Å². The van der Waals surface area contributed by atoms with Crippen LogP contribution in [0.25, 0.3) is 0 Å². The second kappa shape index (κ2) is 43.8. The highest BCUT2D eigenvalue weighted by Crippen LogP contribution is 2.39. The van der Waals surface area contributed by atoms with E-state index in [1.807, 2.05) is 73.0 Å². The molecule has 5 unspecified atom stereocenters. The maximum Gasteiger partial charge on any atom is 0.410 e. The average Bonchev–Trinajstić information content (AvgIpc) is 1.68. The van der Waals surface area contributed by atoms with Crippen molar-refractivity contribution in [1.29, 1.82) is 5.41 Å². The zero-order chi connectivity index (χ0) is 77.1. The molecule has 606 valence electrons. The molecule has 10 aliphatic rings. The van der Waals surface area contributed by atoms with Crippen LogP contribution in [0.3, 0.4) is 0 Å². The van der Waals surface area contributed by atoms with Gasteiger partial charge < -0.3 is 70.7 Å². The zero-order valence-corrected chi connectivity index (χ0v) is 75.6. The number of ether oxygens (including phenoxy) is 1. The van der Waals surface area contributed by atoms with Crippen LogP contribution in [0.15, 0.2) is 144 Å². The normalized spacial score (nSPS) is 21.3. The first-order chi connectivity index (χ1) is 52.6. The van der Waals surface area contributed by atoms with Gasteiger partial charge in [0.25, 0.3) is 0 Å². The van der Waals surface area contributed by atoms with E-state index in [1.165, 1.54) is 226 Å². The number of aliphatic imine (C=N–C) groups is 1. The molecule has 5 saturated heterocycles. The van der Waals surface area contributed by atoms with E-state index < -0.39 is 5.60 Å². The number of anilines is 6. The summed E-state index contributed by atoms with van der Waals surface area (Å²) in [4.78, 5) is 41.0. The van der Waals surface area contributed by atoms with Gasteiger partial charge in [0, 0.05) is 156 Å². The lowest BCUT2D eigenvalue weighted by Gasteiger charge is -2.36. The fourth-order valence-electron chi connectivity index (χ4n) is 17.0. The van der Waals surface area contributed by atoms with Crippen LogP contribution in [0.4, 0.5) is 44.6 Å². The Balaban J connectivity index is 0.000000154. The molecular formula is C87H124Br3IN14O3S3. The van der Waals surface area contributed by atoms with Crippen molar-refractivity contribution in [3.05, 3.63) is 177 Å². The molecule has 5 fully saturated rings. The minimum atomic E-state index is -0.431. The number of nitrogens with one attached hydrogen (secondary N) is 2. The van der Waals surface area contributed by atoms with Crippen molar-refractivity contribution in [1.82, 2.24) is 24.9 Å². The van der Waals surface area contributed by atoms with Crippen molar-refractivity contribution in [3.8, 4) is 0 Å². The lowest BCUT2D eigenvalue weighted by Crippen LogP contribution is -2.42. The number of amides is 1. The average molecular weight is 1880 g/mol. The van der Waals surface area contributed by atoms with E-state index in [0.29, 0.717) is 35.0 Å². The van der Waals surface area contributed by atoms with E-state index in [1.54, 1.807) is 29.6 Å². The Morgan fingerprint density at radius 1 is 0.559 bits per heavy atom. The molecule has 2 aromatic heterocycles. The zero-order valence-electron chi connectivity index (χ0n) is 66.1. The maximum atomic E-state index is 12.3. The maximum absolute atomic E-state index is 12.3. The summed E-state index contributed by atoms with van der Waals surface area (Å²) in [5.74, 6) is 0.607. The van der Waals surface area contributed by atoms with E-state index in [0.717, 1.165) is 77.1 Å². The van der Waals surface area contributed by atoms with Crippen molar-refractivity contribution in [3.63, 3.8) is 0 Å². The SMILES string of the molecule is Brc1ccc2c(c1)CCCN2C1CCNC1.C.CC(C)(C)OC(=O)N1CCC(N2CCCc3cc(Br)ccc32)C1.CCO.CN1CCC(N2CCCc3cc(Br)ccc32)C1.CN1CCC(N2CCCc3cc(N)ccc32)C1.CN1CCC(N2CCCc3cc(N=C(N)c4cccs4)ccc32)C1.CSC(=N)c1cccs1.I. The van der Waals surface area contributed by atoms with Crippen LogP contribution >= 0.6 is 106 Å². The Bertz CT molecular complexity index is 4010. The quantitative estimate of drug-likeness (QED) is 0.0420. The first kappa shape index (κ1) is 90.0. The largest absolute Gasteiger partial charge is 0.444 e. The van der Waals surface area contributed by atoms with Gasteiger partial charge in [0.1, 0.15) is 16.5 Å². The van der Waals surface area contributed by atoms with Gasteiger partial charge in [-0.15, -0.1) is 58.4 Å². The number of likely N-dealkylation sites (N-methyl/N-ethyl adjacent to an activating group) is 3. The van der Waals surface area contributed by atoms with Crippen LogP contribution in [0.2, 0.25) is 0 Å². The van der Waals surface area contributed by atoms with E-state index in [2.05, 4.69) is 203 Å². The van der Waals surface area contributed by atoms with Crippen molar-refractivity contribution in [2.75, 3.05) is 162 Å². The predicted octanol–water partition coefficient (Wildman–Crippen LogP) is 18.3. The van der Waals surface area contributed by atoms with Crippen molar-refractivity contribution in [2.24, 2.45) is 10.7 Å². The summed E-state index contributed by atoms with van der Waals surface area (Å²) >= 11 is 15.4. The van der Waals surface area contributed by atoms with Gasteiger partial charge in [0.2, 0.25) is 0 Å². The smallest absolute Gasteiger partial charge is 0.410 e. The van der Waals surface area contributed by atoms with E-state index in [4.69, 9.17) is 26.7 Å². The lowest BCUT2D eigenvalue weighted by atomic mass is 9.99. The molecule has 0 radical (unpaired) electrons. The molecule has 0 saturated carbocycles. The van der Waals surface area contributed by atoms with Gasteiger partial charge in [-0.3, -0.25) is 5.41 Å². The van der Waals surface area contributed by atoms with Gasteiger partial charge >= 0.3 is 6.09 Å². The number of carbonyl (C=O) groups is 1. The van der Waals surface area contributed by atoms with Gasteiger partial charge in [-0.2, -0.15) is 0 Å². The number of thioether (sulfide) groups is 1. The molecule has 7 aromatic rings. The number of hydrogen-bond donors (Lipinski definition) is 5. The molecule has 5 atom stereocenters. The fourth-order valence-corrected chi connectivity index (χ4v) is 20.1. The molecule has 12 heterocycles. The summed E-state index contributed by atoms with van der Waals surface area (Å²) in [7, 11) is 6.66. The highest BCUT2D eigenvalue weighted by molar-refractivity contribution is 14.0. The Labute approximate surface area is 719 Å². The summed E-state index contributed by atoms with van der Waals surface area (Å²) in [5.41, 5.74) is 27.8. The molecule has 17 nitrogen and oxygen atoms in total. The highest BCUT2D eigenvalue weighted by Gasteiger charge is 2.36. The summed E-state index contributed by atoms with van der Waals surface area (Å²) < 4.78 is 9.06. The summed E-state index contributed by atoms with van der Waals surface area (Å²) in [5, 5.41) is 23.1. The molecule has 5 aromatic carbocycles. The number of nitrogens with two attached hydrogens (primary N) is 2. The number of halogens is 4. The van der Waals surface area contributed by atoms with Gasteiger partial charge in [-0.05, 0) is 319 Å². The third kappa shape index (κ3) is 25.3. The predicted molar refractivity (Wildman–Crippen MR) is 498 cm³/mol. The third-order valence-corrected chi connectivity index (χ3v) is 26.2. The number of benzene rings is 5. The Morgan fingerprint density at radius 3 is 1.32 bits per heavy atom. The Kier molecular flexibility index (Phi) is 35.5. The molecular weight excluding hydrogens is 1750 g/mol. The number of nitrogen functional groups attached to an aromatic ring is 1. The lowest BCUT2D eigenvalue weighted by molar-refractivity contribution is 0.0292. The van der Waals surface area contributed by atoms with Crippen LogP contribution in [-0.4, -0.2) is 210 Å². The second-order valence-corrected chi connectivity index (χ2v) is 36.9. The molecule has 24 heteroatoms. The third-order valence-electron chi connectivity index (χ3n) is 22.2. The van der Waals surface area contributed by atoms with Crippen LogP contribution in [0.1, 0.15) is 137 Å². The standard InChI is InChI=1S/C19H24N4S.C18H25BrN2O2.C14H19BrN2.C14H21N3.C13H17BrN2.C6H7NS2.C2H6O.CH4.HI/c1-22-10-8-16(13-22)23-9-2-4-14-12-15(6-7-17(14)23)21-19(20)18-5-3-11-24-18;1-18(2,3)23-17(22)20-10-8-15(12-20)21-9-4-5-13-11-14(19)6-7-16(13)21;2*1-16-8-6-13(10-16)17-7-2-3-11-9-12(15)4-5-14(11)17;14-11-3-4-13-10(8-11)2-1-7-16(13)12-5-6-15-9-12;1-8-6(7)5-3-2-4-9-5;1-2-3;;/h3,5-7,11-12,16H,2,4,8-10,13H2,1H3,(H2,20,21);6-7,11,15H,4-5,8-10,12H2,1-3H3;4-5,9,13H,2-3,6-8,10H2,1H3;4-5,9,13H,2-3,6-8,10,15H2,1H3;3-4,8,12,15H,1-2,5-7,9H2;2-4,7H,1H3;3H,2H2,1H3;1H4;1H. The number of amidine groups is 1. The number of carbonyl (C=O) groups excluding carboxylic acids is 1. The number of aliphatic hydroxyl groups is 1. The van der Waals surface area contributed by atoms with Crippen molar-refractivity contribution in [2.45, 2.75) is 167 Å². The van der Waals surface area contributed by atoms with Gasteiger partial charge in [0.15, 0.2) is 0 Å². The Hall–Kier alpha value is -4.97. The summed E-state index contributed by atoms with van der Waals surface area (Å²) in [6, 6.07) is 44.1. The number of thiophene rings is 2. The Morgan fingerprint density at radius 2 is 0.937 bits per heavy atom. The first-order valence-electron chi connectivity index (χ1n) is 39.7. The highest BCUT2D eigenvalue weighted by atomic mass is 127. The van der Waals surface area contributed by atoms with E-state index in [9.17, 15) is 4.79 Å². The molecule has 10 aliphatic heterocycles. The van der Waals surface area contributed by atoms with Crippen LogP contribution in [-0.2, 0) is 36.8 Å². The molecule has 111 heavy (non-hydrogen) atoms. The second-order valence-electron chi connectivity index (χ2n) is 31.4. The topological polar surface area (TPSA) is 176 Å². The molecule has 0 spiro atoms. The summed E-state index contributed by atoms with van der Waals surface area (Å²) in [6.07, 6.45) is 20.0. The van der Waals surface area contributed by atoms with Crippen molar-refractivity contribution < 1.29 is 14.6 Å². The molecule has 7 N–H and O–H groups in total. The molecule has 0 bridgehead atoms. The minimum Gasteiger partial charge on any atom is -0.444 e. The molecule has 1 amide bonds. The minimum absolute atomic E-state index is 0. The monoisotopic (exact) mass is 1870 g/mol. The number of aliphatic hydroxyl groups excluding tert-OH is 1. The number of rotatable bonds is 8.